The standard InChI is InChI=1S/C41H28O27/c42-13-1-8(2-14(43)24(13)48)37(59)65-19-7-64-38(60)9-3-15(44)25(49)29(53)20(9)21-10(4-16(45)26(50)30(21)54)39(61)66-33(19)34-35(36(57)58)68-41(63)12-6-18(47)28(52)32(56)23(12)22-11(40(62)67-34)5-17(46)27(51)31(22)55/h1-6,19,33-35,42-56H,7H2,(H,57,58). The van der Waals surface area contributed by atoms with E-state index >= 15 is 0 Å². The van der Waals surface area contributed by atoms with Crippen molar-refractivity contribution in [1.29, 1.82) is 0 Å². The first-order chi connectivity index (χ1) is 31.8. The number of phenols is 15. The Balaban J connectivity index is 1.53. The number of carbonyl (C=O) groups excluding carboxylic acids is 5. The summed E-state index contributed by atoms with van der Waals surface area (Å²) in [5.74, 6) is -33.0. The molecule has 5 aromatic carbocycles. The Bertz CT molecular complexity index is 3060. The zero-order chi connectivity index (χ0) is 50.1. The molecule has 0 spiro atoms. The highest BCUT2D eigenvalue weighted by atomic mass is 16.6. The van der Waals surface area contributed by atoms with Gasteiger partial charge in [-0.25, -0.2) is 28.8 Å². The highest BCUT2D eigenvalue weighted by molar-refractivity contribution is 6.10. The maximum Gasteiger partial charge on any atom is 0.349 e. The van der Waals surface area contributed by atoms with E-state index in [-0.39, 0.29) is 12.1 Å². The zero-order valence-electron chi connectivity index (χ0n) is 33.1. The molecule has 2 aliphatic heterocycles. The van der Waals surface area contributed by atoms with Crippen molar-refractivity contribution in [2.75, 3.05) is 6.61 Å². The van der Waals surface area contributed by atoms with Crippen molar-refractivity contribution in [3.63, 3.8) is 0 Å². The van der Waals surface area contributed by atoms with Crippen LogP contribution in [0.2, 0.25) is 0 Å². The quantitative estimate of drug-likeness (QED) is 0.0687. The maximum absolute atomic E-state index is 14.5. The fourth-order valence-electron chi connectivity index (χ4n) is 7.06. The summed E-state index contributed by atoms with van der Waals surface area (Å²) in [7, 11) is 0. The lowest BCUT2D eigenvalue weighted by molar-refractivity contribution is -0.167. The van der Waals surface area contributed by atoms with Crippen LogP contribution >= 0.6 is 0 Å². The Kier molecular flexibility index (Phi) is 11.1. The van der Waals surface area contributed by atoms with Crippen LogP contribution in [0.3, 0.4) is 0 Å². The fourth-order valence-corrected chi connectivity index (χ4v) is 7.06. The van der Waals surface area contributed by atoms with E-state index in [1.54, 1.807) is 0 Å². The van der Waals surface area contributed by atoms with Crippen LogP contribution in [0.1, 0.15) is 51.8 Å². The molecule has 0 aliphatic carbocycles. The number of aromatic hydroxyl groups is 15. The molecule has 27 heteroatoms. The Morgan fingerprint density at radius 2 is 0.750 bits per heavy atom. The van der Waals surface area contributed by atoms with Crippen molar-refractivity contribution in [1.82, 2.24) is 0 Å². The van der Waals surface area contributed by atoms with Gasteiger partial charge in [0.1, 0.15) is 6.61 Å². The van der Waals surface area contributed by atoms with Crippen molar-refractivity contribution in [3.05, 3.63) is 64.2 Å². The van der Waals surface area contributed by atoms with Gasteiger partial charge in [0, 0.05) is 22.3 Å². The molecule has 27 nitrogen and oxygen atoms in total. The fraction of sp³-hybridized carbons (Fsp3) is 0.122. The van der Waals surface area contributed by atoms with E-state index in [0.29, 0.717) is 24.3 Å². The lowest BCUT2D eigenvalue weighted by Gasteiger charge is -2.35. The van der Waals surface area contributed by atoms with E-state index in [0.717, 1.165) is 0 Å². The van der Waals surface area contributed by atoms with Gasteiger partial charge < -0.3 is 105 Å². The SMILES string of the molecule is O=C(OC1COC(=O)c2cc(O)c(O)c(O)c2-c2c(cc(O)c(O)c2O)C(=O)OC1C1OC(=O)c2cc(O)c(O)c(O)c2-c2c(cc(O)c(O)c2O)C(=O)OC1C(=O)O)c1cc(O)c(O)c(O)c1. The van der Waals surface area contributed by atoms with Gasteiger partial charge in [0.15, 0.2) is 81.6 Å². The lowest BCUT2D eigenvalue weighted by Crippen LogP contribution is -2.55. The molecular weight excluding hydrogens is 924 g/mol. The normalized spacial score (nSPS) is 18.1. The molecule has 354 valence electrons. The number of esters is 5. The van der Waals surface area contributed by atoms with Crippen LogP contribution in [0.5, 0.6) is 86.2 Å². The summed E-state index contributed by atoms with van der Waals surface area (Å²) in [4.78, 5) is 83.9. The van der Waals surface area contributed by atoms with E-state index in [9.17, 15) is 110 Å². The first-order valence-electron chi connectivity index (χ1n) is 18.5. The van der Waals surface area contributed by atoms with Crippen LogP contribution in [-0.2, 0) is 28.5 Å². The first kappa shape index (κ1) is 45.9. The summed E-state index contributed by atoms with van der Waals surface area (Å²) in [6.07, 6.45) is -11.9. The molecule has 5 aromatic rings. The summed E-state index contributed by atoms with van der Waals surface area (Å²) < 4.78 is 26.8. The van der Waals surface area contributed by atoms with E-state index in [2.05, 4.69) is 0 Å². The number of benzene rings is 5. The highest BCUT2D eigenvalue weighted by Gasteiger charge is 2.51. The van der Waals surface area contributed by atoms with Gasteiger partial charge in [0.05, 0.1) is 27.8 Å². The second-order valence-corrected chi connectivity index (χ2v) is 14.4. The number of carboxylic acid groups (broad SMARTS) is 1. The van der Waals surface area contributed by atoms with Crippen LogP contribution in [0, 0.1) is 0 Å². The predicted octanol–water partition coefficient (Wildman–Crippen LogP) is 1.38. The highest BCUT2D eigenvalue weighted by Crippen LogP contribution is 2.55. The number of rotatable bonds is 4. The molecule has 0 aromatic heterocycles. The third kappa shape index (κ3) is 7.41. The van der Waals surface area contributed by atoms with Crippen LogP contribution in [0.15, 0.2) is 36.4 Å². The lowest BCUT2D eigenvalue weighted by atomic mass is 9.91. The molecule has 2 heterocycles. The first-order valence-corrected chi connectivity index (χ1v) is 18.5. The summed E-state index contributed by atoms with van der Waals surface area (Å²) in [5, 5.41) is 169. The minimum Gasteiger partial charge on any atom is -0.504 e. The zero-order valence-corrected chi connectivity index (χ0v) is 33.1. The van der Waals surface area contributed by atoms with Gasteiger partial charge in [-0.2, -0.15) is 0 Å². The molecule has 0 saturated heterocycles. The monoisotopic (exact) mass is 952 g/mol. The van der Waals surface area contributed by atoms with E-state index in [1.165, 1.54) is 0 Å². The van der Waals surface area contributed by atoms with Gasteiger partial charge in [-0.3, -0.25) is 0 Å². The number of hydrogen-bond donors (Lipinski definition) is 16. The summed E-state index contributed by atoms with van der Waals surface area (Å²) >= 11 is 0. The molecular formula is C41H28O27. The third-order valence-corrected chi connectivity index (χ3v) is 10.3. The van der Waals surface area contributed by atoms with Crippen molar-refractivity contribution in [2.24, 2.45) is 0 Å². The van der Waals surface area contributed by atoms with E-state index in [1.807, 2.05) is 0 Å². The Labute approximate surface area is 373 Å². The largest absolute Gasteiger partial charge is 0.504 e. The summed E-state index contributed by atoms with van der Waals surface area (Å²) in [5.41, 5.74) is -10.6. The molecule has 7 rings (SSSR count). The van der Waals surface area contributed by atoms with Crippen LogP contribution < -0.4 is 0 Å². The number of hydrogen-bond acceptors (Lipinski definition) is 26. The third-order valence-electron chi connectivity index (χ3n) is 10.3. The molecule has 0 radical (unpaired) electrons. The van der Waals surface area contributed by atoms with Gasteiger partial charge in [0.25, 0.3) is 0 Å². The van der Waals surface area contributed by atoms with Gasteiger partial charge in [0.2, 0.25) is 29.1 Å². The second kappa shape index (κ2) is 16.5. The minimum atomic E-state index is -3.14. The minimum absolute atomic E-state index is 0.275. The average molecular weight is 953 g/mol. The topological polar surface area (TPSA) is 472 Å². The number of carboxylic acids is 1. The maximum atomic E-state index is 14.5. The molecule has 2 aliphatic rings. The van der Waals surface area contributed by atoms with Gasteiger partial charge in [-0.15, -0.1) is 0 Å². The van der Waals surface area contributed by atoms with Gasteiger partial charge >= 0.3 is 35.8 Å². The number of ether oxygens (including phenoxy) is 5. The van der Waals surface area contributed by atoms with E-state index in [4.69, 9.17) is 23.7 Å². The Hall–Kier alpha value is -10.1. The Morgan fingerprint density at radius 1 is 0.426 bits per heavy atom. The predicted molar refractivity (Wildman–Crippen MR) is 210 cm³/mol. The molecule has 0 saturated carbocycles. The number of cyclic esters (lactones) is 4. The number of fused-ring (bicyclic) bond motifs is 6. The van der Waals surface area contributed by atoms with Gasteiger partial charge in [-0.1, -0.05) is 0 Å². The number of carbonyl (C=O) groups is 6. The van der Waals surface area contributed by atoms with Gasteiger partial charge in [-0.05, 0) is 36.4 Å². The Morgan fingerprint density at radius 3 is 1.12 bits per heavy atom. The van der Waals surface area contributed by atoms with Crippen LogP contribution in [0.4, 0.5) is 0 Å². The molecule has 0 amide bonds. The summed E-state index contributed by atoms with van der Waals surface area (Å²) in [6.45, 7) is -1.59. The molecule has 0 fully saturated rings. The molecule has 0 bridgehead atoms. The molecule has 16 N–H and O–H groups in total. The van der Waals surface area contributed by atoms with Crippen molar-refractivity contribution < 1.29 is 134 Å². The smallest absolute Gasteiger partial charge is 0.349 e. The molecule has 68 heavy (non-hydrogen) atoms. The van der Waals surface area contributed by atoms with Crippen LogP contribution in [-0.4, -0.2) is 149 Å². The number of aliphatic carboxylic acids is 1. The van der Waals surface area contributed by atoms with Crippen molar-refractivity contribution in [2.45, 2.75) is 24.4 Å². The summed E-state index contributed by atoms with van der Waals surface area (Å²) in [6, 6.07) is 2.17. The number of phenolic OH excluding ortho intramolecular Hbond substituents is 15. The average Bonchev–Trinajstić information content (AvgIpc) is 3.29. The van der Waals surface area contributed by atoms with E-state index < -0.39 is 203 Å². The van der Waals surface area contributed by atoms with Crippen LogP contribution in [0.25, 0.3) is 22.3 Å². The van der Waals surface area contributed by atoms with Crippen molar-refractivity contribution in [3.8, 4) is 108 Å². The second-order valence-electron chi connectivity index (χ2n) is 14.4. The van der Waals surface area contributed by atoms with Crippen molar-refractivity contribution >= 4 is 35.8 Å². The molecule has 4 atom stereocenters. The molecule has 4 unspecified atom stereocenters.